The van der Waals surface area contributed by atoms with E-state index in [-0.39, 0.29) is 5.78 Å². The standard InChI is InChI=1S/C19H27NOSi2/c1-22(2,3)20(23(4,5)6)18-15-11-10-14-17(18)19(21)16-12-8-7-9-13-16/h7-15H,1-6H3. The number of para-hydroxylation sites is 1. The predicted octanol–water partition coefficient (Wildman–Crippen LogP) is 5.39. The van der Waals surface area contributed by atoms with Crippen molar-refractivity contribution in [3.05, 3.63) is 65.7 Å². The number of rotatable bonds is 5. The van der Waals surface area contributed by atoms with Crippen molar-refractivity contribution >= 4 is 27.9 Å². The van der Waals surface area contributed by atoms with E-state index in [4.69, 9.17) is 0 Å². The second-order valence-electron chi connectivity index (χ2n) is 7.89. The van der Waals surface area contributed by atoms with Crippen molar-refractivity contribution in [1.82, 2.24) is 0 Å². The molecule has 0 spiro atoms. The van der Waals surface area contributed by atoms with Crippen molar-refractivity contribution in [2.45, 2.75) is 39.3 Å². The molecule has 23 heavy (non-hydrogen) atoms. The van der Waals surface area contributed by atoms with Gasteiger partial charge in [-0.05, 0) is 12.1 Å². The van der Waals surface area contributed by atoms with Gasteiger partial charge < -0.3 is 4.23 Å². The maximum atomic E-state index is 13.0. The Balaban J connectivity index is 2.59. The van der Waals surface area contributed by atoms with Gasteiger partial charge in [-0.25, -0.2) is 0 Å². The SMILES string of the molecule is C[Si](C)(C)N(c1ccccc1C(=O)c1ccccc1)[Si](C)(C)C. The number of benzene rings is 2. The number of hydrogen-bond donors (Lipinski definition) is 0. The Morgan fingerprint density at radius 3 is 1.74 bits per heavy atom. The molecular formula is C19H27NOSi2. The molecule has 0 atom stereocenters. The molecule has 2 aromatic rings. The summed E-state index contributed by atoms with van der Waals surface area (Å²) in [5.41, 5.74) is 2.69. The van der Waals surface area contributed by atoms with Crippen LogP contribution in [-0.2, 0) is 0 Å². The Bertz CT molecular complexity index is 671. The smallest absolute Gasteiger partial charge is 0.195 e. The maximum Gasteiger partial charge on any atom is 0.195 e. The van der Waals surface area contributed by atoms with Crippen LogP contribution in [0.4, 0.5) is 5.69 Å². The molecule has 0 fully saturated rings. The Morgan fingerprint density at radius 1 is 0.739 bits per heavy atom. The molecule has 0 N–H and O–H groups in total. The molecule has 0 aliphatic carbocycles. The number of carbonyl (C=O) groups excluding carboxylic acids is 1. The van der Waals surface area contributed by atoms with Crippen LogP contribution in [0.1, 0.15) is 15.9 Å². The molecule has 0 saturated carbocycles. The normalized spacial score (nSPS) is 12.1. The molecule has 2 nitrogen and oxygen atoms in total. The maximum absolute atomic E-state index is 13.0. The van der Waals surface area contributed by atoms with Gasteiger partial charge in [0.25, 0.3) is 0 Å². The van der Waals surface area contributed by atoms with E-state index < -0.39 is 16.5 Å². The van der Waals surface area contributed by atoms with Crippen LogP contribution in [0.2, 0.25) is 39.3 Å². The summed E-state index contributed by atoms with van der Waals surface area (Å²) in [6.07, 6.45) is 0. The van der Waals surface area contributed by atoms with Crippen molar-refractivity contribution in [3.63, 3.8) is 0 Å². The average Bonchev–Trinajstić information content (AvgIpc) is 2.45. The van der Waals surface area contributed by atoms with E-state index >= 15 is 0 Å². The second-order valence-corrected chi connectivity index (χ2v) is 17.9. The second kappa shape index (κ2) is 6.45. The molecule has 0 unspecified atom stereocenters. The monoisotopic (exact) mass is 341 g/mol. The van der Waals surface area contributed by atoms with Gasteiger partial charge in [0.1, 0.15) is 16.5 Å². The molecule has 0 aliphatic heterocycles. The predicted molar refractivity (Wildman–Crippen MR) is 105 cm³/mol. The summed E-state index contributed by atoms with van der Waals surface area (Å²) in [4.78, 5) is 13.0. The fourth-order valence-electron chi connectivity index (χ4n) is 3.33. The van der Waals surface area contributed by atoms with Gasteiger partial charge in [0, 0.05) is 16.8 Å². The van der Waals surface area contributed by atoms with Gasteiger partial charge in [-0.15, -0.1) is 0 Å². The number of anilines is 1. The molecule has 0 saturated heterocycles. The first-order valence-electron chi connectivity index (χ1n) is 8.11. The number of hydrogen-bond acceptors (Lipinski definition) is 2. The van der Waals surface area contributed by atoms with E-state index in [1.807, 2.05) is 48.5 Å². The minimum Gasteiger partial charge on any atom is -0.424 e. The first-order chi connectivity index (χ1) is 10.6. The Morgan fingerprint density at radius 2 is 1.22 bits per heavy atom. The minimum absolute atomic E-state index is 0.114. The van der Waals surface area contributed by atoms with Gasteiger partial charge in [0.2, 0.25) is 0 Å². The number of ketones is 1. The lowest BCUT2D eigenvalue weighted by molar-refractivity contribution is 0.103. The summed E-state index contributed by atoms with van der Waals surface area (Å²) in [7, 11) is -3.20. The molecule has 0 radical (unpaired) electrons. The Labute approximate surface area is 142 Å². The molecule has 0 amide bonds. The topological polar surface area (TPSA) is 20.3 Å². The van der Waals surface area contributed by atoms with Gasteiger partial charge >= 0.3 is 0 Å². The van der Waals surface area contributed by atoms with Crippen molar-refractivity contribution in [2.75, 3.05) is 4.23 Å². The highest BCUT2D eigenvalue weighted by Gasteiger charge is 2.36. The molecule has 2 rings (SSSR count). The Hall–Kier alpha value is -1.66. The fourth-order valence-corrected chi connectivity index (χ4v) is 13.2. The van der Waals surface area contributed by atoms with Gasteiger partial charge in [-0.3, -0.25) is 4.79 Å². The van der Waals surface area contributed by atoms with Gasteiger partial charge in [0.05, 0.1) is 0 Å². The van der Waals surface area contributed by atoms with E-state index in [0.29, 0.717) is 0 Å². The first-order valence-corrected chi connectivity index (χ1v) is 15.0. The molecule has 2 aromatic carbocycles. The molecule has 122 valence electrons. The summed E-state index contributed by atoms with van der Waals surface area (Å²) < 4.78 is 2.61. The molecule has 0 heterocycles. The van der Waals surface area contributed by atoms with Crippen molar-refractivity contribution in [3.8, 4) is 0 Å². The minimum atomic E-state index is -1.60. The highest BCUT2D eigenvalue weighted by atomic mass is 28.4. The van der Waals surface area contributed by atoms with Crippen LogP contribution in [0, 0.1) is 0 Å². The summed E-state index contributed by atoms with van der Waals surface area (Å²) in [5.74, 6) is 0.114. The van der Waals surface area contributed by atoms with Crippen LogP contribution in [0.5, 0.6) is 0 Å². The average molecular weight is 342 g/mol. The van der Waals surface area contributed by atoms with E-state index in [0.717, 1.165) is 16.8 Å². The summed E-state index contributed by atoms with van der Waals surface area (Å²) >= 11 is 0. The third kappa shape index (κ3) is 4.00. The van der Waals surface area contributed by atoms with Gasteiger partial charge in [-0.2, -0.15) is 0 Å². The van der Waals surface area contributed by atoms with Crippen molar-refractivity contribution in [2.24, 2.45) is 0 Å². The van der Waals surface area contributed by atoms with E-state index in [1.54, 1.807) is 0 Å². The van der Waals surface area contributed by atoms with Crippen molar-refractivity contribution < 1.29 is 4.79 Å². The first kappa shape index (κ1) is 17.7. The van der Waals surface area contributed by atoms with Crippen LogP contribution in [0.3, 0.4) is 0 Å². The van der Waals surface area contributed by atoms with Crippen LogP contribution >= 0.6 is 0 Å². The molecular weight excluding hydrogens is 314 g/mol. The lowest BCUT2D eigenvalue weighted by Gasteiger charge is -2.46. The van der Waals surface area contributed by atoms with Crippen LogP contribution in [-0.4, -0.2) is 22.3 Å². The summed E-state index contributed by atoms with van der Waals surface area (Å²) in [5, 5.41) is 0. The third-order valence-corrected chi connectivity index (χ3v) is 11.0. The fraction of sp³-hybridized carbons (Fsp3) is 0.316. The Kier molecular flexibility index (Phi) is 4.96. The summed E-state index contributed by atoms with van der Waals surface area (Å²) in [6, 6.07) is 17.7. The number of carbonyl (C=O) groups is 1. The highest BCUT2D eigenvalue weighted by Crippen LogP contribution is 2.32. The highest BCUT2D eigenvalue weighted by molar-refractivity contribution is 6.99. The zero-order valence-corrected chi connectivity index (χ0v) is 17.1. The van der Waals surface area contributed by atoms with Crippen molar-refractivity contribution in [1.29, 1.82) is 0 Å². The van der Waals surface area contributed by atoms with Crippen LogP contribution in [0.15, 0.2) is 54.6 Å². The quantitative estimate of drug-likeness (QED) is 0.536. The zero-order valence-electron chi connectivity index (χ0n) is 15.1. The molecule has 0 aliphatic rings. The third-order valence-electron chi connectivity index (χ3n) is 3.77. The largest absolute Gasteiger partial charge is 0.424 e. The summed E-state index contributed by atoms with van der Waals surface area (Å²) in [6.45, 7) is 14.1. The number of nitrogens with zero attached hydrogens (tertiary/aromatic N) is 1. The van der Waals surface area contributed by atoms with E-state index in [2.05, 4.69) is 49.6 Å². The lowest BCUT2D eigenvalue weighted by Crippen LogP contribution is -2.60. The van der Waals surface area contributed by atoms with E-state index in [9.17, 15) is 4.79 Å². The van der Waals surface area contributed by atoms with Gasteiger partial charge in [0.15, 0.2) is 5.78 Å². The molecule has 0 aromatic heterocycles. The lowest BCUT2D eigenvalue weighted by atomic mass is 10.0. The molecule has 4 heteroatoms. The molecule has 0 bridgehead atoms. The van der Waals surface area contributed by atoms with E-state index in [1.165, 1.54) is 0 Å². The van der Waals surface area contributed by atoms with Gasteiger partial charge in [-0.1, -0.05) is 81.7 Å². The zero-order chi connectivity index (χ0) is 17.3. The van der Waals surface area contributed by atoms with Crippen LogP contribution in [0.25, 0.3) is 0 Å². The van der Waals surface area contributed by atoms with Crippen LogP contribution < -0.4 is 4.23 Å².